The first kappa shape index (κ1) is 18.6. The van der Waals surface area contributed by atoms with Crippen molar-refractivity contribution in [3.63, 3.8) is 0 Å². The molecule has 1 atom stereocenters. The van der Waals surface area contributed by atoms with Crippen LogP contribution >= 0.6 is 11.3 Å². The van der Waals surface area contributed by atoms with Crippen LogP contribution in [-0.2, 0) is 14.6 Å². The van der Waals surface area contributed by atoms with Gasteiger partial charge in [0.05, 0.1) is 28.3 Å². The van der Waals surface area contributed by atoms with Crippen LogP contribution in [-0.4, -0.2) is 53.9 Å². The quantitative estimate of drug-likeness (QED) is 0.645. The number of carbonyl (C=O) groups is 2. The van der Waals surface area contributed by atoms with Gasteiger partial charge in [-0.15, -0.1) is 0 Å². The Morgan fingerprint density at radius 3 is 2.75 bits per heavy atom. The summed E-state index contributed by atoms with van der Waals surface area (Å²) in [5.41, 5.74) is 1.23. The second-order valence-corrected chi connectivity index (χ2v) is 9.86. The number of fused-ring (bicyclic) bond motifs is 1. The van der Waals surface area contributed by atoms with Crippen molar-refractivity contribution in [2.45, 2.75) is 12.5 Å². The molecule has 1 aromatic carbocycles. The number of benzene rings is 1. The second-order valence-electron chi connectivity index (χ2n) is 6.62. The lowest BCUT2D eigenvalue weighted by Crippen LogP contribution is -2.42. The van der Waals surface area contributed by atoms with Crippen LogP contribution in [0, 0.1) is 0 Å². The number of nitrogens with one attached hydrogen (secondary N) is 2. The summed E-state index contributed by atoms with van der Waals surface area (Å²) >= 11 is 1.47. The molecule has 2 aromatic heterocycles. The van der Waals surface area contributed by atoms with Crippen molar-refractivity contribution < 1.29 is 18.0 Å². The molecular formula is C18H18N4O4S2. The highest BCUT2D eigenvalue weighted by atomic mass is 32.2. The summed E-state index contributed by atoms with van der Waals surface area (Å²) in [6.45, 7) is -0.204. The molecule has 2 amide bonds. The maximum absolute atomic E-state index is 12.4. The van der Waals surface area contributed by atoms with E-state index in [1.165, 1.54) is 11.3 Å². The van der Waals surface area contributed by atoms with Crippen LogP contribution in [0.3, 0.4) is 0 Å². The molecule has 0 spiro atoms. The molecule has 0 aliphatic carbocycles. The van der Waals surface area contributed by atoms with E-state index in [0.29, 0.717) is 12.0 Å². The van der Waals surface area contributed by atoms with Crippen molar-refractivity contribution in [3.8, 4) is 5.13 Å². The Bertz CT molecular complexity index is 1140. The minimum absolute atomic E-state index is 0.0432. The van der Waals surface area contributed by atoms with E-state index in [4.69, 9.17) is 0 Å². The number of sulfone groups is 1. The van der Waals surface area contributed by atoms with Gasteiger partial charge in [0.1, 0.15) is 0 Å². The van der Waals surface area contributed by atoms with Gasteiger partial charge in [-0.1, -0.05) is 11.3 Å². The topological polar surface area (TPSA) is 110 Å². The molecular weight excluding hydrogens is 400 g/mol. The molecule has 1 fully saturated rings. The SMILES string of the molecule is O=C(CNC(=O)c1ccc2nc(-n3cccc3)sc2c1)NC1CCS(=O)(=O)C1. The maximum atomic E-state index is 12.4. The van der Waals surface area contributed by atoms with Crippen LogP contribution in [0.2, 0.25) is 0 Å². The minimum Gasteiger partial charge on any atom is -0.351 e. The van der Waals surface area contributed by atoms with E-state index in [1.54, 1.807) is 18.2 Å². The van der Waals surface area contributed by atoms with Gasteiger partial charge in [-0.2, -0.15) is 0 Å². The van der Waals surface area contributed by atoms with Gasteiger partial charge < -0.3 is 15.2 Å². The molecule has 10 heteroatoms. The van der Waals surface area contributed by atoms with E-state index in [2.05, 4.69) is 15.6 Å². The number of aromatic nitrogens is 2. The summed E-state index contributed by atoms with van der Waals surface area (Å²) in [5, 5.41) is 6.03. The van der Waals surface area contributed by atoms with Gasteiger partial charge in [0.25, 0.3) is 5.91 Å². The molecule has 3 heterocycles. The van der Waals surface area contributed by atoms with Crippen molar-refractivity contribution in [2.24, 2.45) is 0 Å². The average Bonchev–Trinajstić information content (AvgIpc) is 3.38. The average molecular weight is 419 g/mol. The van der Waals surface area contributed by atoms with Crippen LogP contribution in [0.4, 0.5) is 0 Å². The molecule has 1 aliphatic heterocycles. The number of thiazole rings is 1. The lowest BCUT2D eigenvalue weighted by molar-refractivity contribution is -0.120. The molecule has 28 heavy (non-hydrogen) atoms. The Morgan fingerprint density at radius 1 is 1.25 bits per heavy atom. The number of rotatable bonds is 5. The van der Waals surface area contributed by atoms with E-state index < -0.39 is 15.7 Å². The highest BCUT2D eigenvalue weighted by Gasteiger charge is 2.28. The van der Waals surface area contributed by atoms with Crippen LogP contribution in [0.5, 0.6) is 0 Å². The first-order valence-electron chi connectivity index (χ1n) is 8.71. The summed E-state index contributed by atoms with van der Waals surface area (Å²) < 4.78 is 25.6. The lowest BCUT2D eigenvalue weighted by Gasteiger charge is -2.11. The Balaban J connectivity index is 1.38. The Morgan fingerprint density at radius 2 is 2.04 bits per heavy atom. The molecule has 1 unspecified atom stereocenters. The molecule has 2 N–H and O–H groups in total. The highest BCUT2D eigenvalue weighted by Crippen LogP contribution is 2.26. The Hall–Kier alpha value is -2.72. The standard InChI is InChI=1S/C18H18N4O4S2/c23-16(20-13-5-8-28(25,26)11-13)10-19-17(24)12-3-4-14-15(9-12)27-18(21-14)22-6-1-2-7-22/h1-4,6-7,9,13H,5,8,10-11H2,(H,19,24)(H,20,23). The fraction of sp³-hybridized carbons (Fsp3) is 0.278. The van der Waals surface area contributed by atoms with Crippen LogP contribution in [0.25, 0.3) is 15.3 Å². The van der Waals surface area contributed by atoms with E-state index in [9.17, 15) is 18.0 Å². The lowest BCUT2D eigenvalue weighted by atomic mass is 10.2. The molecule has 146 valence electrons. The first-order chi connectivity index (χ1) is 13.4. The molecule has 3 aromatic rings. The summed E-state index contributed by atoms with van der Waals surface area (Å²) in [6.07, 6.45) is 4.22. The van der Waals surface area contributed by atoms with Gasteiger partial charge >= 0.3 is 0 Å². The molecule has 1 aliphatic rings. The molecule has 0 bridgehead atoms. The van der Waals surface area contributed by atoms with Crippen LogP contribution < -0.4 is 10.6 Å². The van der Waals surface area contributed by atoms with Crippen LogP contribution in [0.1, 0.15) is 16.8 Å². The third kappa shape index (κ3) is 4.07. The Kier molecular flexibility index (Phi) is 4.90. The molecule has 1 saturated heterocycles. The Labute approximate surface area is 165 Å². The van der Waals surface area contributed by atoms with Crippen molar-refractivity contribution >= 4 is 43.2 Å². The molecule has 0 saturated carbocycles. The maximum Gasteiger partial charge on any atom is 0.251 e. The monoisotopic (exact) mass is 418 g/mol. The van der Waals surface area contributed by atoms with Gasteiger partial charge in [-0.05, 0) is 36.8 Å². The van der Waals surface area contributed by atoms with Crippen molar-refractivity contribution in [2.75, 3.05) is 18.1 Å². The molecule has 0 radical (unpaired) electrons. The summed E-state index contributed by atoms with van der Waals surface area (Å²) in [6, 6.07) is 8.63. The number of nitrogens with zero attached hydrogens (tertiary/aromatic N) is 2. The van der Waals surface area contributed by atoms with Crippen molar-refractivity contribution in [1.29, 1.82) is 0 Å². The van der Waals surface area contributed by atoms with E-state index in [1.807, 2.05) is 29.1 Å². The first-order valence-corrected chi connectivity index (χ1v) is 11.4. The summed E-state index contributed by atoms with van der Waals surface area (Å²) in [4.78, 5) is 28.9. The largest absolute Gasteiger partial charge is 0.351 e. The van der Waals surface area contributed by atoms with Crippen molar-refractivity contribution in [3.05, 3.63) is 48.3 Å². The second kappa shape index (κ2) is 7.36. The van der Waals surface area contributed by atoms with Gasteiger partial charge in [0.15, 0.2) is 15.0 Å². The summed E-state index contributed by atoms with van der Waals surface area (Å²) in [7, 11) is -3.06. The van der Waals surface area contributed by atoms with Gasteiger partial charge in [0, 0.05) is 24.0 Å². The normalized spacial score (nSPS) is 18.2. The van der Waals surface area contributed by atoms with E-state index in [-0.39, 0.29) is 30.0 Å². The smallest absolute Gasteiger partial charge is 0.251 e. The summed E-state index contributed by atoms with van der Waals surface area (Å²) in [5.74, 6) is -0.723. The van der Waals surface area contributed by atoms with Gasteiger partial charge in [-0.3, -0.25) is 9.59 Å². The molecule has 4 rings (SSSR count). The van der Waals surface area contributed by atoms with Gasteiger partial charge in [-0.25, -0.2) is 13.4 Å². The minimum atomic E-state index is -3.06. The van der Waals surface area contributed by atoms with Gasteiger partial charge in [0.2, 0.25) is 5.91 Å². The fourth-order valence-electron chi connectivity index (χ4n) is 3.08. The zero-order chi connectivity index (χ0) is 19.7. The number of amides is 2. The number of hydrogen-bond acceptors (Lipinski definition) is 6. The zero-order valence-electron chi connectivity index (χ0n) is 14.8. The zero-order valence-corrected chi connectivity index (χ0v) is 16.4. The molecule has 8 nitrogen and oxygen atoms in total. The predicted molar refractivity (Wildman–Crippen MR) is 106 cm³/mol. The third-order valence-electron chi connectivity index (χ3n) is 4.47. The predicted octanol–water partition coefficient (Wildman–Crippen LogP) is 1.12. The van der Waals surface area contributed by atoms with Crippen molar-refractivity contribution in [1.82, 2.24) is 20.2 Å². The van der Waals surface area contributed by atoms with E-state index in [0.717, 1.165) is 15.3 Å². The fourth-order valence-corrected chi connectivity index (χ4v) is 5.72. The highest BCUT2D eigenvalue weighted by molar-refractivity contribution is 7.91. The number of hydrogen-bond donors (Lipinski definition) is 2. The number of carbonyl (C=O) groups excluding carboxylic acids is 2. The third-order valence-corrected chi connectivity index (χ3v) is 7.27. The van der Waals surface area contributed by atoms with Crippen LogP contribution in [0.15, 0.2) is 42.7 Å². The van der Waals surface area contributed by atoms with E-state index >= 15 is 0 Å².